The first-order chi connectivity index (χ1) is 17.5. The number of fused-ring (bicyclic) bond motifs is 6. The third-order valence-electron chi connectivity index (χ3n) is 7.53. The maximum Gasteiger partial charge on any atom is 0.137 e. The minimum absolute atomic E-state index is 0.0535. The highest BCUT2D eigenvalue weighted by molar-refractivity contribution is 6.33. The molecule has 7 rings (SSSR count). The number of halogens is 1. The molecule has 0 saturated carbocycles. The fourth-order valence-electron chi connectivity index (χ4n) is 5.65. The molecule has 1 heterocycles. The summed E-state index contributed by atoms with van der Waals surface area (Å²) in [6.45, 7) is 4.59. The number of rotatable bonds is 3. The van der Waals surface area contributed by atoms with Gasteiger partial charge in [0.25, 0.3) is 0 Å². The molecule has 1 N–H and O–H groups in total. The van der Waals surface area contributed by atoms with E-state index in [9.17, 15) is 0 Å². The van der Waals surface area contributed by atoms with Crippen molar-refractivity contribution in [2.45, 2.75) is 19.3 Å². The Morgan fingerprint density at radius 1 is 0.611 bits per heavy atom. The van der Waals surface area contributed by atoms with E-state index in [1.165, 1.54) is 22.3 Å². The van der Waals surface area contributed by atoms with Gasteiger partial charge in [-0.05, 0) is 70.3 Å². The lowest BCUT2D eigenvalue weighted by molar-refractivity contribution is 0.660. The van der Waals surface area contributed by atoms with Gasteiger partial charge in [0, 0.05) is 44.2 Å². The normalized spacial score (nSPS) is 13.6. The average molecular weight is 486 g/mol. The molecule has 0 bridgehead atoms. The highest BCUT2D eigenvalue weighted by Crippen LogP contribution is 2.51. The predicted molar refractivity (Wildman–Crippen MR) is 151 cm³/mol. The van der Waals surface area contributed by atoms with Crippen LogP contribution in [0.15, 0.2) is 108 Å². The van der Waals surface area contributed by atoms with Crippen LogP contribution in [0, 0.1) is 0 Å². The van der Waals surface area contributed by atoms with Gasteiger partial charge in [-0.2, -0.15) is 0 Å². The molecular weight excluding hydrogens is 462 g/mol. The second-order valence-electron chi connectivity index (χ2n) is 10.1. The Morgan fingerprint density at radius 2 is 1.33 bits per heavy atom. The topological polar surface area (TPSA) is 25.2 Å². The summed E-state index contributed by atoms with van der Waals surface area (Å²) >= 11 is 6.83. The van der Waals surface area contributed by atoms with Gasteiger partial charge in [-0.1, -0.05) is 80.0 Å². The molecule has 0 saturated heterocycles. The molecule has 174 valence electrons. The number of nitrogens with one attached hydrogen (secondary N) is 1. The highest BCUT2D eigenvalue weighted by atomic mass is 35.5. The average Bonchev–Trinajstić information content (AvgIpc) is 3.36. The summed E-state index contributed by atoms with van der Waals surface area (Å²) in [5.41, 5.74) is 11.1. The monoisotopic (exact) mass is 485 g/mol. The number of hydrogen-bond acceptors (Lipinski definition) is 2. The Bertz CT molecular complexity index is 1790. The summed E-state index contributed by atoms with van der Waals surface area (Å²) in [5.74, 6) is 0. The van der Waals surface area contributed by atoms with E-state index in [1.807, 2.05) is 18.2 Å². The highest BCUT2D eigenvalue weighted by Gasteiger charge is 2.35. The van der Waals surface area contributed by atoms with Crippen molar-refractivity contribution >= 4 is 44.9 Å². The Labute approximate surface area is 215 Å². The zero-order chi connectivity index (χ0) is 24.4. The summed E-state index contributed by atoms with van der Waals surface area (Å²) in [5, 5.41) is 6.55. The molecule has 1 aliphatic carbocycles. The van der Waals surface area contributed by atoms with Crippen molar-refractivity contribution in [1.29, 1.82) is 0 Å². The minimum Gasteiger partial charge on any atom is -0.456 e. The lowest BCUT2D eigenvalue weighted by atomic mass is 9.81. The zero-order valence-electron chi connectivity index (χ0n) is 20.1. The largest absolute Gasteiger partial charge is 0.456 e. The van der Waals surface area contributed by atoms with Crippen LogP contribution in [0.3, 0.4) is 0 Å². The second-order valence-corrected chi connectivity index (χ2v) is 10.5. The van der Waals surface area contributed by atoms with Crippen LogP contribution in [0.1, 0.15) is 25.0 Å². The van der Waals surface area contributed by atoms with Gasteiger partial charge < -0.3 is 9.73 Å². The van der Waals surface area contributed by atoms with Crippen molar-refractivity contribution in [3.63, 3.8) is 0 Å². The van der Waals surface area contributed by atoms with Crippen molar-refractivity contribution in [3.8, 4) is 22.3 Å². The summed E-state index contributed by atoms with van der Waals surface area (Å²) in [6, 6.07) is 35.9. The van der Waals surface area contributed by atoms with Crippen molar-refractivity contribution in [2.75, 3.05) is 5.32 Å². The van der Waals surface area contributed by atoms with Gasteiger partial charge in [0.15, 0.2) is 0 Å². The van der Waals surface area contributed by atoms with Crippen molar-refractivity contribution in [2.24, 2.45) is 0 Å². The fourth-order valence-corrected chi connectivity index (χ4v) is 5.92. The van der Waals surface area contributed by atoms with Crippen molar-refractivity contribution < 1.29 is 4.42 Å². The molecule has 0 amide bonds. The van der Waals surface area contributed by atoms with Crippen LogP contribution in [0.25, 0.3) is 44.2 Å². The molecule has 0 radical (unpaired) electrons. The molecule has 5 aromatic carbocycles. The molecule has 1 aromatic heterocycles. The molecule has 0 aliphatic heterocycles. The number of anilines is 2. The van der Waals surface area contributed by atoms with E-state index in [0.29, 0.717) is 0 Å². The van der Waals surface area contributed by atoms with Gasteiger partial charge in [-0.3, -0.25) is 0 Å². The van der Waals surface area contributed by atoms with Gasteiger partial charge >= 0.3 is 0 Å². The van der Waals surface area contributed by atoms with Crippen molar-refractivity contribution in [1.82, 2.24) is 0 Å². The van der Waals surface area contributed by atoms with E-state index in [4.69, 9.17) is 16.0 Å². The first kappa shape index (κ1) is 21.3. The Morgan fingerprint density at radius 3 is 2.19 bits per heavy atom. The van der Waals surface area contributed by atoms with E-state index < -0.39 is 0 Å². The van der Waals surface area contributed by atoms with E-state index in [1.54, 1.807) is 0 Å². The second kappa shape index (κ2) is 7.74. The van der Waals surface area contributed by atoms with Crippen molar-refractivity contribution in [3.05, 3.63) is 119 Å². The molecule has 2 nitrogen and oxygen atoms in total. The van der Waals surface area contributed by atoms with Crippen LogP contribution in [0.4, 0.5) is 11.4 Å². The summed E-state index contributed by atoms with van der Waals surface area (Å²) in [4.78, 5) is 0. The fraction of sp³-hybridized carbons (Fsp3) is 0.0909. The maximum atomic E-state index is 6.83. The molecule has 0 unspecified atom stereocenters. The molecule has 0 spiro atoms. The van der Waals surface area contributed by atoms with Crippen LogP contribution in [-0.4, -0.2) is 0 Å². The number of hydrogen-bond donors (Lipinski definition) is 1. The number of para-hydroxylation sites is 1. The smallest absolute Gasteiger partial charge is 0.137 e. The van der Waals surface area contributed by atoms with Gasteiger partial charge in [-0.15, -0.1) is 0 Å². The van der Waals surface area contributed by atoms with Gasteiger partial charge in [0.1, 0.15) is 11.2 Å². The quantitative estimate of drug-likeness (QED) is 0.269. The van der Waals surface area contributed by atoms with Crippen LogP contribution in [0.2, 0.25) is 5.02 Å². The summed E-state index contributed by atoms with van der Waals surface area (Å²) in [7, 11) is 0. The lowest BCUT2D eigenvalue weighted by Crippen LogP contribution is -2.14. The molecule has 3 heteroatoms. The molecule has 0 atom stereocenters. The first-order valence-corrected chi connectivity index (χ1v) is 12.6. The molecular formula is C33H24ClNO. The van der Waals surface area contributed by atoms with Gasteiger partial charge in [0.2, 0.25) is 0 Å². The minimum atomic E-state index is -0.0535. The van der Waals surface area contributed by atoms with E-state index in [-0.39, 0.29) is 5.41 Å². The predicted octanol–water partition coefficient (Wildman–Crippen LogP) is 9.96. The number of benzene rings is 5. The maximum absolute atomic E-state index is 6.83. The Hall–Kier alpha value is -4.01. The SMILES string of the molecule is CC1(C)c2ccccc2-c2cc(Cl)c(-c3ccc(Nc4ccc5c(c4)oc4ccccc45)cc3)cc21. The third kappa shape index (κ3) is 3.18. The Kier molecular flexibility index (Phi) is 4.58. The lowest BCUT2D eigenvalue weighted by Gasteiger charge is -2.22. The van der Waals surface area contributed by atoms with Gasteiger partial charge in [0.05, 0.1) is 0 Å². The summed E-state index contributed by atoms with van der Waals surface area (Å²) in [6.07, 6.45) is 0. The zero-order valence-corrected chi connectivity index (χ0v) is 20.9. The Balaban J connectivity index is 1.20. The van der Waals surface area contributed by atoms with Crippen LogP contribution in [0.5, 0.6) is 0 Å². The molecule has 0 fully saturated rings. The first-order valence-electron chi connectivity index (χ1n) is 12.2. The van der Waals surface area contributed by atoms with E-state index >= 15 is 0 Å². The van der Waals surface area contributed by atoms with Gasteiger partial charge in [-0.25, -0.2) is 0 Å². The molecule has 6 aromatic rings. The summed E-state index contributed by atoms with van der Waals surface area (Å²) < 4.78 is 6.04. The standard InChI is InChI=1S/C33H24ClNO/c1-33(2)28-9-5-3-7-23(28)27-19-30(34)26(18-29(27)33)20-11-13-21(14-12-20)35-22-15-16-25-24-8-4-6-10-31(24)36-32(25)17-22/h3-19,35H,1-2H3. The van der Waals surface area contributed by atoms with Crippen LogP contribution < -0.4 is 5.32 Å². The number of furan rings is 1. The molecule has 1 aliphatic rings. The molecule has 36 heavy (non-hydrogen) atoms. The third-order valence-corrected chi connectivity index (χ3v) is 7.85. The van der Waals surface area contributed by atoms with Crippen LogP contribution in [-0.2, 0) is 5.41 Å². The van der Waals surface area contributed by atoms with E-state index in [2.05, 4.69) is 104 Å². The van der Waals surface area contributed by atoms with E-state index in [0.717, 1.165) is 49.5 Å². The van der Waals surface area contributed by atoms with Crippen LogP contribution >= 0.6 is 11.6 Å².